The summed E-state index contributed by atoms with van der Waals surface area (Å²) >= 11 is 11.7. The molecule has 0 radical (unpaired) electrons. The molecule has 0 bridgehead atoms. The van der Waals surface area contributed by atoms with Gasteiger partial charge in [0.1, 0.15) is 0 Å². The van der Waals surface area contributed by atoms with Gasteiger partial charge in [0.2, 0.25) is 5.91 Å². The molecule has 1 aliphatic rings. The number of rotatable bonds is 3. The minimum atomic E-state index is -0.843. The largest absolute Gasteiger partial charge is 0.481 e. The number of hydrogen-bond acceptors (Lipinski definition) is 2. The van der Waals surface area contributed by atoms with Crippen molar-refractivity contribution in [3.8, 4) is 0 Å². The van der Waals surface area contributed by atoms with Gasteiger partial charge in [0.25, 0.3) is 0 Å². The van der Waals surface area contributed by atoms with Crippen molar-refractivity contribution in [2.75, 3.05) is 13.1 Å². The van der Waals surface area contributed by atoms with Crippen LogP contribution in [0.3, 0.4) is 0 Å². The summed E-state index contributed by atoms with van der Waals surface area (Å²) in [7, 11) is 0. The Kier molecular flexibility index (Phi) is 6.11. The van der Waals surface area contributed by atoms with Crippen LogP contribution >= 0.6 is 35.6 Å². The van der Waals surface area contributed by atoms with E-state index in [1.165, 1.54) is 0 Å². The first-order valence-electron chi connectivity index (χ1n) is 5.92. The van der Waals surface area contributed by atoms with Crippen molar-refractivity contribution in [2.24, 2.45) is 5.92 Å². The van der Waals surface area contributed by atoms with Gasteiger partial charge in [-0.25, -0.2) is 0 Å². The molecule has 0 aliphatic carbocycles. The van der Waals surface area contributed by atoms with Crippen LogP contribution in [-0.4, -0.2) is 35.0 Å². The molecule has 7 heteroatoms. The maximum absolute atomic E-state index is 12.0. The number of carboxylic acid groups (broad SMARTS) is 1. The van der Waals surface area contributed by atoms with Crippen molar-refractivity contribution in [3.05, 3.63) is 33.8 Å². The summed E-state index contributed by atoms with van der Waals surface area (Å²) in [6.45, 7) is 0.784. The van der Waals surface area contributed by atoms with Crippen molar-refractivity contribution < 1.29 is 14.7 Å². The highest BCUT2D eigenvalue weighted by molar-refractivity contribution is 6.42. The SMILES string of the molecule is Cl.O=C(O)C1CCN(C(=O)Cc2ccc(Cl)c(Cl)c2)C1. The van der Waals surface area contributed by atoms with Crippen LogP contribution < -0.4 is 0 Å². The molecule has 2 rings (SSSR count). The number of nitrogens with zero attached hydrogens (tertiary/aromatic N) is 1. The molecule has 0 saturated carbocycles. The fourth-order valence-electron chi connectivity index (χ4n) is 2.12. The van der Waals surface area contributed by atoms with E-state index in [-0.39, 0.29) is 31.3 Å². The van der Waals surface area contributed by atoms with Gasteiger partial charge in [0.05, 0.1) is 22.4 Å². The number of halogens is 3. The van der Waals surface area contributed by atoms with E-state index in [1.807, 2.05) is 0 Å². The standard InChI is InChI=1S/C13H13Cl2NO3.ClH/c14-10-2-1-8(5-11(10)15)6-12(17)16-4-3-9(7-16)13(18)19;/h1-2,5,9H,3-4,6-7H2,(H,18,19);1H. The molecule has 1 aliphatic heterocycles. The third-order valence-corrected chi connectivity index (χ3v) is 3.97. The van der Waals surface area contributed by atoms with Gasteiger partial charge in [-0.1, -0.05) is 29.3 Å². The van der Waals surface area contributed by atoms with Crippen molar-refractivity contribution in [3.63, 3.8) is 0 Å². The number of amides is 1. The second-order valence-corrected chi connectivity index (χ2v) is 5.40. The van der Waals surface area contributed by atoms with Gasteiger partial charge in [-0.05, 0) is 24.1 Å². The zero-order valence-electron chi connectivity index (χ0n) is 10.5. The van der Waals surface area contributed by atoms with E-state index in [4.69, 9.17) is 28.3 Å². The lowest BCUT2D eigenvalue weighted by atomic mass is 10.1. The molecule has 1 aromatic rings. The summed E-state index contributed by atoms with van der Waals surface area (Å²) in [5.74, 6) is -1.37. The predicted molar refractivity (Wildman–Crippen MR) is 79.7 cm³/mol. The first kappa shape index (κ1) is 17.1. The number of carboxylic acids is 1. The predicted octanol–water partition coefficient (Wildman–Crippen LogP) is 2.89. The van der Waals surface area contributed by atoms with Gasteiger partial charge in [-0.3, -0.25) is 9.59 Å². The Morgan fingerprint density at radius 3 is 2.55 bits per heavy atom. The molecule has 1 saturated heterocycles. The van der Waals surface area contributed by atoms with Crippen LogP contribution in [0.5, 0.6) is 0 Å². The van der Waals surface area contributed by atoms with Crippen LogP contribution in [0.4, 0.5) is 0 Å². The van der Waals surface area contributed by atoms with E-state index in [2.05, 4.69) is 0 Å². The molecule has 1 aromatic carbocycles. The summed E-state index contributed by atoms with van der Waals surface area (Å²) in [6.07, 6.45) is 0.728. The second-order valence-electron chi connectivity index (χ2n) is 4.59. The van der Waals surface area contributed by atoms with Crippen LogP contribution in [0, 0.1) is 5.92 Å². The number of hydrogen-bond donors (Lipinski definition) is 1. The third kappa shape index (κ3) is 4.01. The van der Waals surface area contributed by atoms with Crippen LogP contribution in [0.25, 0.3) is 0 Å². The summed E-state index contributed by atoms with van der Waals surface area (Å²) in [5.41, 5.74) is 0.776. The summed E-state index contributed by atoms with van der Waals surface area (Å²) in [5, 5.41) is 9.76. The second kappa shape index (κ2) is 7.16. The minimum absolute atomic E-state index is 0. The van der Waals surface area contributed by atoms with Gasteiger partial charge in [0, 0.05) is 13.1 Å². The maximum atomic E-state index is 12.0. The van der Waals surface area contributed by atoms with E-state index in [0.29, 0.717) is 23.0 Å². The smallest absolute Gasteiger partial charge is 0.308 e. The number of carbonyl (C=O) groups excluding carboxylic acids is 1. The fourth-order valence-corrected chi connectivity index (χ4v) is 2.45. The van der Waals surface area contributed by atoms with Crippen molar-refractivity contribution in [1.82, 2.24) is 4.90 Å². The molecule has 1 N–H and O–H groups in total. The Labute approximate surface area is 133 Å². The highest BCUT2D eigenvalue weighted by Crippen LogP contribution is 2.24. The zero-order valence-corrected chi connectivity index (χ0v) is 12.8. The first-order valence-corrected chi connectivity index (χ1v) is 6.67. The Balaban J connectivity index is 0.00000200. The van der Waals surface area contributed by atoms with Crippen LogP contribution in [-0.2, 0) is 16.0 Å². The van der Waals surface area contributed by atoms with E-state index >= 15 is 0 Å². The monoisotopic (exact) mass is 337 g/mol. The Hall–Kier alpha value is -0.970. The summed E-state index contributed by atoms with van der Waals surface area (Å²) in [4.78, 5) is 24.5. The van der Waals surface area contributed by atoms with Gasteiger partial charge in [0.15, 0.2) is 0 Å². The molecular weight excluding hydrogens is 325 g/mol. The van der Waals surface area contributed by atoms with Crippen molar-refractivity contribution in [2.45, 2.75) is 12.8 Å². The molecule has 110 valence electrons. The lowest BCUT2D eigenvalue weighted by Gasteiger charge is -2.15. The number of likely N-dealkylation sites (tertiary alicyclic amines) is 1. The Morgan fingerprint density at radius 2 is 2.00 bits per heavy atom. The number of benzene rings is 1. The van der Waals surface area contributed by atoms with Gasteiger partial charge in [-0.15, -0.1) is 12.4 Å². The molecule has 20 heavy (non-hydrogen) atoms. The van der Waals surface area contributed by atoms with Gasteiger partial charge >= 0.3 is 5.97 Å². The molecule has 1 fully saturated rings. The molecule has 4 nitrogen and oxygen atoms in total. The highest BCUT2D eigenvalue weighted by atomic mass is 35.5. The topological polar surface area (TPSA) is 57.6 Å². The average molecular weight is 339 g/mol. The van der Waals surface area contributed by atoms with E-state index < -0.39 is 11.9 Å². The zero-order chi connectivity index (χ0) is 14.0. The molecule has 1 heterocycles. The average Bonchev–Trinajstić information content (AvgIpc) is 2.83. The number of carbonyl (C=O) groups is 2. The van der Waals surface area contributed by atoms with Gasteiger partial charge in [-0.2, -0.15) is 0 Å². The fraction of sp³-hybridized carbons (Fsp3) is 0.385. The van der Waals surface area contributed by atoms with Crippen LogP contribution in [0.15, 0.2) is 18.2 Å². The highest BCUT2D eigenvalue weighted by Gasteiger charge is 2.30. The lowest BCUT2D eigenvalue weighted by Crippen LogP contribution is -2.31. The molecule has 1 amide bonds. The van der Waals surface area contributed by atoms with Crippen LogP contribution in [0.2, 0.25) is 10.0 Å². The Morgan fingerprint density at radius 1 is 1.30 bits per heavy atom. The van der Waals surface area contributed by atoms with E-state index in [1.54, 1.807) is 23.1 Å². The maximum Gasteiger partial charge on any atom is 0.308 e. The molecule has 1 unspecified atom stereocenters. The first-order chi connectivity index (χ1) is 8.97. The van der Waals surface area contributed by atoms with Crippen LogP contribution in [0.1, 0.15) is 12.0 Å². The molecule has 0 spiro atoms. The quantitative estimate of drug-likeness (QED) is 0.922. The minimum Gasteiger partial charge on any atom is -0.481 e. The molecule has 1 atom stereocenters. The molecular formula is C13H14Cl3NO3. The molecule has 0 aromatic heterocycles. The summed E-state index contributed by atoms with van der Waals surface area (Å²) in [6, 6.07) is 5.06. The lowest BCUT2D eigenvalue weighted by molar-refractivity contribution is -0.141. The summed E-state index contributed by atoms with van der Waals surface area (Å²) < 4.78 is 0. The van der Waals surface area contributed by atoms with E-state index in [9.17, 15) is 9.59 Å². The van der Waals surface area contributed by atoms with Crippen molar-refractivity contribution >= 4 is 47.5 Å². The van der Waals surface area contributed by atoms with E-state index in [0.717, 1.165) is 5.56 Å². The van der Waals surface area contributed by atoms with Crippen molar-refractivity contribution in [1.29, 1.82) is 0 Å². The van der Waals surface area contributed by atoms with Gasteiger partial charge < -0.3 is 10.0 Å². The number of aliphatic carboxylic acids is 1. The Bertz CT molecular complexity index is 522. The normalized spacial score (nSPS) is 17.7. The third-order valence-electron chi connectivity index (χ3n) is 3.23.